The third kappa shape index (κ3) is 4.24. The first-order valence-electron chi connectivity index (χ1n) is 11.0. The van der Waals surface area contributed by atoms with Crippen LogP contribution in [0, 0.1) is 5.41 Å². The van der Waals surface area contributed by atoms with Gasteiger partial charge in [-0.2, -0.15) is 5.10 Å². The lowest BCUT2D eigenvalue weighted by molar-refractivity contribution is -0.0283. The summed E-state index contributed by atoms with van der Waals surface area (Å²) in [5.41, 5.74) is 6.75. The molecule has 3 amide bonds. The number of nitrogens with one attached hydrogen (secondary N) is 3. The minimum absolute atomic E-state index is 0.100. The van der Waals surface area contributed by atoms with Crippen molar-refractivity contribution in [3.05, 3.63) is 48.3 Å². The number of methoxy groups -OCH3 is 1. The van der Waals surface area contributed by atoms with E-state index in [1.165, 1.54) is 6.20 Å². The number of rotatable bonds is 6. The minimum atomic E-state index is -0.852. The van der Waals surface area contributed by atoms with Crippen LogP contribution in [0.4, 0.5) is 21.9 Å². The van der Waals surface area contributed by atoms with Gasteiger partial charge in [0.2, 0.25) is 0 Å². The standard InChI is InChI=1S/C24H30N6O4/c1-23(2)19(9-10-24(23,3)33)29-20-17(21(25)31)12-26-30-13-15(11-18(20)30)28-22(32)27-14-5-7-16(34-4)8-6-14/h5-8,11-13,19,29,33H,9-10H2,1-4H3,(H2,25,31)(H2,27,28,32)/t19-,24-/m1/s1. The first-order chi connectivity index (χ1) is 16.0. The lowest BCUT2D eigenvalue weighted by Gasteiger charge is -2.38. The van der Waals surface area contributed by atoms with Crippen LogP contribution >= 0.6 is 0 Å². The number of amides is 3. The van der Waals surface area contributed by atoms with Crippen LogP contribution in [-0.2, 0) is 0 Å². The van der Waals surface area contributed by atoms with E-state index in [9.17, 15) is 14.7 Å². The van der Waals surface area contributed by atoms with Crippen molar-refractivity contribution in [1.82, 2.24) is 9.61 Å². The van der Waals surface area contributed by atoms with Gasteiger partial charge in [0.05, 0.1) is 47.6 Å². The molecule has 1 aliphatic carbocycles. The number of aliphatic hydroxyl groups is 1. The van der Waals surface area contributed by atoms with Gasteiger partial charge in [-0.15, -0.1) is 0 Å². The molecule has 0 spiro atoms. The van der Waals surface area contributed by atoms with E-state index in [4.69, 9.17) is 10.5 Å². The van der Waals surface area contributed by atoms with Crippen LogP contribution in [0.3, 0.4) is 0 Å². The zero-order valence-electron chi connectivity index (χ0n) is 19.7. The molecule has 2 aromatic heterocycles. The number of fused-ring (bicyclic) bond motifs is 1. The van der Waals surface area contributed by atoms with Crippen molar-refractivity contribution >= 4 is 34.5 Å². The summed E-state index contributed by atoms with van der Waals surface area (Å²) in [6.45, 7) is 5.82. The van der Waals surface area contributed by atoms with Crippen LogP contribution in [0.5, 0.6) is 5.75 Å². The predicted octanol–water partition coefficient (Wildman–Crippen LogP) is 3.44. The molecule has 180 valence electrons. The molecule has 1 aliphatic rings. The van der Waals surface area contributed by atoms with Crippen molar-refractivity contribution in [2.24, 2.45) is 11.1 Å². The van der Waals surface area contributed by atoms with Gasteiger partial charge in [0.15, 0.2) is 0 Å². The second-order valence-corrected chi connectivity index (χ2v) is 9.39. The Morgan fingerprint density at radius 2 is 1.85 bits per heavy atom. The van der Waals surface area contributed by atoms with E-state index in [0.717, 1.165) is 6.42 Å². The van der Waals surface area contributed by atoms with E-state index in [0.29, 0.717) is 34.7 Å². The van der Waals surface area contributed by atoms with E-state index >= 15 is 0 Å². The molecule has 3 aromatic rings. The zero-order valence-corrected chi connectivity index (χ0v) is 19.7. The fraction of sp³-hybridized carbons (Fsp3) is 0.375. The fourth-order valence-electron chi connectivity index (χ4n) is 4.34. The van der Waals surface area contributed by atoms with Gasteiger partial charge in [-0.25, -0.2) is 9.31 Å². The SMILES string of the molecule is COc1ccc(NC(=O)Nc2cc3c(N[C@@H]4CC[C@@](C)(O)C4(C)C)c(C(N)=O)cnn3c2)cc1. The fourth-order valence-corrected chi connectivity index (χ4v) is 4.34. The van der Waals surface area contributed by atoms with Gasteiger partial charge in [-0.1, -0.05) is 13.8 Å². The Balaban J connectivity index is 1.60. The maximum atomic E-state index is 12.5. The van der Waals surface area contributed by atoms with Gasteiger partial charge < -0.3 is 31.5 Å². The normalized spacial score (nSPS) is 21.3. The molecular weight excluding hydrogens is 436 g/mol. The number of anilines is 3. The Labute approximate surface area is 197 Å². The number of aromatic nitrogens is 2. The summed E-state index contributed by atoms with van der Waals surface area (Å²) in [5, 5.41) is 24.1. The van der Waals surface area contributed by atoms with Gasteiger partial charge in [0.1, 0.15) is 5.75 Å². The molecule has 34 heavy (non-hydrogen) atoms. The van der Waals surface area contributed by atoms with Gasteiger partial charge in [0, 0.05) is 17.1 Å². The average molecular weight is 467 g/mol. The predicted molar refractivity (Wildman–Crippen MR) is 130 cm³/mol. The molecule has 0 bridgehead atoms. The number of benzene rings is 1. The summed E-state index contributed by atoms with van der Waals surface area (Å²) in [6.07, 6.45) is 4.40. The number of carbonyl (C=O) groups excluding carboxylic acids is 2. The third-order valence-electron chi connectivity index (χ3n) is 7.01. The molecule has 10 nitrogen and oxygen atoms in total. The van der Waals surface area contributed by atoms with Gasteiger partial charge in [-0.05, 0) is 50.1 Å². The lowest BCUT2D eigenvalue weighted by Crippen LogP contribution is -2.45. The topological polar surface area (TPSA) is 143 Å². The Morgan fingerprint density at radius 1 is 1.18 bits per heavy atom. The summed E-state index contributed by atoms with van der Waals surface area (Å²) in [6, 6.07) is 8.14. The second kappa shape index (κ2) is 8.53. The van der Waals surface area contributed by atoms with E-state index in [1.54, 1.807) is 48.2 Å². The largest absolute Gasteiger partial charge is 0.497 e. The molecule has 2 heterocycles. The molecule has 10 heteroatoms. The highest BCUT2D eigenvalue weighted by Crippen LogP contribution is 2.47. The van der Waals surface area contributed by atoms with E-state index in [2.05, 4.69) is 21.0 Å². The van der Waals surface area contributed by atoms with Gasteiger partial charge in [-0.3, -0.25) is 4.79 Å². The van der Waals surface area contributed by atoms with E-state index in [1.807, 2.05) is 20.8 Å². The van der Waals surface area contributed by atoms with E-state index in [-0.39, 0.29) is 11.6 Å². The summed E-state index contributed by atoms with van der Waals surface area (Å²) in [7, 11) is 1.57. The molecule has 4 rings (SSSR count). The number of hydrogen-bond donors (Lipinski definition) is 5. The number of urea groups is 1. The Bertz CT molecular complexity index is 1230. The van der Waals surface area contributed by atoms with Gasteiger partial charge >= 0.3 is 6.03 Å². The van der Waals surface area contributed by atoms with Crippen LogP contribution in [0.2, 0.25) is 0 Å². The van der Waals surface area contributed by atoms with Crippen molar-refractivity contribution in [3.8, 4) is 5.75 Å². The van der Waals surface area contributed by atoms with Gasteiger partial charge in [0.25, 0.3) is 5.91 Å². The molecule has 0 unspecified atom stereocenters. The van der Waals surface area contributed by atoms with Crippen molar-refractivity contribution in [3.63, 3.8) is 0 Å². The number of ether oxygens (including phenoxy) is 1. The summed E-state index contributed by atoms with van der Waals surface area (Å²) in [5.74, 6) is 0.0703. The molecule has 1 aromatic carbocycles. The lowest BCUT2D eigenvalue weighted by atomic mass is 9.76. The van der Waals surface area contributed by atoms with Crippen LogP contribution in [-0.4, -0.2) is 45.4 Å². The first kappa shape index (κ1) is 23.4. The number of nitrogens with two attached hydrogens (primary N) is 1. The van der Waals surface area contributed by atoms with Crippen molar-refractivity contribution in [1.29, 1.82) is 0 Å². The number of carbonyl (C=O) groups is 2. The number of hydrogen-bond acceptors (Lipinski definition) is 6. The highest BCUT2D eigenvalue weighted by molar-refractivity contribution is 6.04. The van der Waals surface area contributed by atoms with Crippen LogP contribution in [0.1, 0.15) is 44.0 Å². The minimum Gasteiger partial charge on any atom is -0.497 e. The summed E-state index contributed by atoms with van der Waals surface area (Å²) < 4.78 is 6.69. The van der Waals surface area contributed by atoms with Crippen LogP contribution in [0.15, 0.2) is 42.7 Å². The smallest absolute Gasteiger partial charge is 0.323 e. The molecule has 1 saturated carbocycles. The quantitative estimate of drug-likeness (QED) is 0.377. The maximum Gasteiger partial charge on any atom is 0.323 e. The maximum absolute atomic E-state index is 12.5. The Kier molecular flexibility index (Phi) is 5.86. The second-order valence-electron chi connectivity index (χ2n) is 9.39. The van der Waals surface area contributed by atoms with Crippen molar-refractivity contribution < 1.29 is 19.4 Å². The summed E-state index contributed by atoms with van der Waals surface area (Å²) >= 11 is 0. The van der Waals surface area contributed by atoms with Crippen molar-refractivity contribution in [2.45, 2.75) is 45.3 Å². The average Bonchev–Trinajstić information content (AvgIpc) is 3.27. The third-order valence-corrected chi connectivity index (χ3v) is 7.01. The van der Waals surface area contributed by atoms with Crippen molar-refractivity contribution in [2.75, 3.05) is 23.1 Å². The highest BCUT2D eigenvalue weighted by Gasteiger charge is 2.50. The number of nitrogens with zero attached hydrogens (tertiary/aromatic N) is 2. The van der Waals surface area contributed by atoms with E-state index < -0.39 is 23.0 Å². The molecule has 0 aliphatic heterocycles. The molecule has 1 fully saturated rings. The van der Waals surface area contributed by atoms with Crippen LogP contribution < -0.4 is 26.4 Å². The molecule has 0 saturated heterocycles. The summed E-state index contributed by atoms with van der Waals surface area (Å²) in [4.78, 5) is 24.7. The monoisotopic (exact) mass is 466 g/mol. The molecule has 2 atom stereocenters. The first-order valence-corrected chi connectivity index (χ1v) is 11.0. The number of primary amides is 1. The highest BCUT2D eigenvalue weighted by atomic mass is 16.5. The Morgan fingerprint density at radius 3 is 2.44 bits per heavy atom. The molecular formula is C24H30N6O4. The van der Waals surface area contributed by atoms with Crippen LogP contribution in [0.25, 0.3) is 5.52 Å². The Hall–Kier alpha value is -3.79. The zero-order chi connectivity index (χ0) is 24.7. The molecule has 0 radical (unpaired) electrons. The molecule has 6 N–H and O–H groups in total.